The average molecular weight is 151 g/mol. The Hall–Kier alpha value is -1.35. The van der Waals surface area contributed by atoms with Gasteiger partial charge in [-0.25, -0.2) is 0 Å². The Kier molecular flexibility index (Phi) is 2.23. The molecule has 0 spiro atoms. The normalized spacial score (nSPS) is 9.55. The minimum Gasteiger partial charge on any atom is -0.508 e. The van der Waals surface area contributed by atoms with Crippen LogP contribution in [0.5, 0.6) is 5.75 Å². The quantitative estimate of drug-likeness (QED) is 0.610. The van der Waals surface area contributed by atoms with Crippen LogP contribution in [0.15, 0.2) is 18.2 Å². The molecule has 0 radical (unpaired) electrons. The molecule has 0 amide bonds. The summed E-state index contributed by atoms with van der Waals surface area (Å²) in [6, 6.07) is 4.55. The first-order chi connectivity index (χ1) is 5.27. The van der Waals surface area contributed by atoms with Crippen LogP contribution in [-0.4, -0.2) is 11.4 Å². The van der Waals surface area contributed by atoms with Gasteiger partial charge in [0.1, 0.15) is 5.75 Å². The van der Waals surface area contributed by atoms with E-state index in [1.165, 1.54) is 12.1 Å². The van der Waals surface area contributed by atoms with E-state index in [2.05, 4.69) is 0 Å². The summed E-state index contributed by atoms with van der Waals surface area (Å²) in [5, 5.41) is 8.96. The number of aromatic hydroxyl groups is 1. The van der Waals surface area contributed by atoms with Crippen LogP contribution in [0.4, 0.5) is 0 Å². The molecule has 0 saturated heterocycles. The van der Waals surface area contributed by atoms with Gasteiger partial charge >= 0.3 is 0 Å². The fraction of sp³-hybridized carbons (Fsp3) is 0.125. The van der Waals surface area contributed by atoms with Crippen LogP contribution < -0.4 is 5.73 Å². The molecular formula is C8H9NO2. The van der Waals surface area contributed by atoms with Crippen molar-refractivity contribution in [2.24, 2.45) is 5.73 Å². The van der Waals surface area contributed by atoms with E-state index in [1.54, 1.807) is 6.07 Å². The van der Waals surface area contributed by atoms with Crippen LogP contribution in [0.3, 0.4) is 0 Å². The van der Waals surface area contributed by atoms with Gasteiger partial charge in [0.15, 0.2) is 6.29 Å². The van der Waals surface area contributed by atoms with Crippen LogP contribution in [0.2, 0.25) is 0 Å². The highest BCUT2D eigenvalue weighted by atomic mass is 16.3. The predicted octanol–water partition coefficient (Wildman–Crippen LogP) is 0.663. The average Bonchev–Trinajstić information content (AvgIpc) is 2.04. The Morgan fingerprint density at radius 3 is 2.82 bits per heavy atom. The number of carbonyl (C=O) groups is 1. The summed E-state index contributed by atoms with van der Waals surface area (Å²) < 4.78 is 0. The number of aldehydes is 1. The van der Waals surface area contributed by atoms with Gasteiger partial charge in [-0.05, 0) is 17.7 Å². The first kappa shape index (κ1) is 7.75. The smallest absolute Gasteiger partial charge is 0.150 e. The van der Waals surface area contributed by atoms with E-state index in [4.69, 9.17) is 10.8 Å². The molecule has 0 atom stereocenters. The Bertz CT molecular complexity index is 271. The maximum Gasteiger partial charge on any atom is 0.150 e. The van der Waals surface area contributed by atoms with Crippen LogP contribution in [0, 0.1) is 0 Å². The highest BCUT2D eigenvalue weighted by Crippen LogP contribution is 2.13. The van der Waals surface area contributed by atoms with E-state index in [0.29, 0.717) is 18.4 Å². The van der Waals surface area contributed by atoms with Gasteiger partial charge in [0.05, 0.1) is 0 Å². The molecule has 11 heavy (non-hydrogen) atoms. The van der Waals surface area contributed by atoms with Gasteiger partial charge in [0.2, 0.25) is 0 Å². The molecule has 0 heterocycles. The molecule has 58 valence electrons. The highest BCUT2D eigenvalue weighted by Gasteiger charge is 1.99. The molecule has 0 aliphatic rings. The molecule has 1 aromatic carbocycles. The molecular weight excluding hydrogens is 142 g/mol. The lowest BCUT2D eigenvalue weighted by molar-refractivity contribution is 0.112. The summed E-state index contributed by atoms with van der Waals surface area (Å²) >= 11 is 0. The largest absolute Gasteiger partial charge is 0.508 e. The second-order valence-electron chi connectivity index (χ2n) is 2.21. The van der Waals surface area contributed by atoms with Crippen LogP contribution in [-0.2, 0) is 6.54 Å². The number of nitrogens with two attached hydrogens (primary N) is 1. The number of hydrogen-bond acceptors (Lipinski definition) is 3. The molecule has 0 unspecified atom stereocenters. The van der Waals surface area contributed by atoms with E-state index in [0.717, 1.165) is 5.56 Å². The molecule has 3 nitrogen and oxygen atoms in total. The Morgan fingerprint density at radius 2 is 2.27 bits per heavy atom. The second kappa shape index (κ2) is 3.16. The van der Waals surface area contributed by atoms with E-state index >= 15 is 0 Å². The third kappa shape index (κ3) is 1.56. The SMILES string of the molecule is NCc1ccc(O)cc1C=O. The zero-order valence-corrected chi connectivity index (χ0v) is 5.95. The molecule has 0 fully saturated rings. The van der Waals surface area contributed by atoms with Crippen molar-refractivity contribution in [1.29, 1.82) is 0 Å². The van der Waals surface area contributed by atoms with Crippen molar-refractivity contribution in [1.82, 2.24) is 0 Å². The van der Waals surface area contributed by atoms with Crippen LogP contribution >= 0.6 is 0 Å². The van der Waals surface area contributed by atoms with Crippen molar-refractivity contribution in [2.75, 3.05) is 0 Å². The molecule has 3 N–H and O–H groups in total. The fourth-order valence-electron chi connectivity index (χ4n) is 0.878. The first-order valence-electron chi connectivity index (χ1n) is 3.25. The van der Waals surface area contributed by atoms with Gasteiger partial charge in [-0.2, -0.15) is 0 Å². The molecule has 0 aliphatic heterocycles. The molecule has 1 aromatic rings. The third-order valence-electron chi connectivity index (χ3n) is 1.48. The molecule has 0 aromatic heterocycles. The predicted molar refractivity (Wildman–Crippen MR) is 41.4 cm³/mol. The standard InChI is InChI=1S/C8H9NO2/c9-4-6-1-2-8(11)3-7(6)5-10/h1-3,5,11H,4,9H2. The van der Waals surface area contributed by atoms with Crippen molar-refractivity contribution in [3.8, 4) is 5.75 Å². The van der Waals surface area contributed by atoms with Gasteiger partial charge in [-0.1, -0.05) is 6.07 Å². The van der Waals surface area contributed by atoms with E-state index in [-0.39, 0.29) is 5.75 Å². The number of hydrogen-bond donors (Lipinski definition) is 2. The van der Waals surface area contributed by atoms with E-state index < -0.39 is 0 Å². The molecule has 1 rings (SSSR count). The van der Waals surface area contributed by atoms with Crippen molar-refractivity contribution in [2.45, 2.75) is 6.54 Å². The number of rotatable bonds is 2. The van der Waals surface area contributed by atoms with Gasteiger partial charge < -0.3 is 10.8 Å². The third-order valence-corrected chi connectivity index (χ3v) is 1.48. The Labute approximate surface area is 64.5 Å². The minimum atomic E-state index is 0.0873. The zero-order valence-electron chi connectivity index (χ0n) is 5.95. The van der Waals surface area contributed by atoms with Gasteiger partial charge in [0, 0.05) is 12.1 Å². The fourth-order valence-corrected chi connectivity index (χ4v) is 0.878. The summed E-state index contributed by atoms with van der Waals surface area (Å²) in [6.07, 6.45) is 0.682. The van der Waals surface area contributed by atoms with Crippen molar-refractivity contribution >= 4 is 6.29 Å². The maximum absolute atomic E-state index is 10.4. The highest BCUT2D eigenvalue weighted by molar-refractivity contribution is 5.78. The molecule has 0 bridgehead atoms. The van der Waals surface area contributed by atoms with Gasteiger partial charge in [-0.15, -0.1) is 0 Å². The van der Waals surface area contributed by atoms with Crippen molar-refractivity contribution < 1.29 is 9.90 Å². The summed E-state index contributed by atoms with van der Waals surface area (Å²) in [4.78, 5) is 10.4. The van der Waals surface area contributed by atoms with Crippen molar-refractivity contribution in [3.05, 3.63) is 29.3 Å². The Morgan fingerprint density at radius 1 is 1.55 bits per heavy atom. The van der Waals surface area contributed by atoms with Crippen molar-refractivity contribution in [3.63, 3.8) is 0 Å². The van der Waals surface area contributed by atoms with E-state index in [1.807, 2.05) is 0 Å². The lowest BCUT2D eigenvalue weighted by atomic mass is 10.1. The summed E-state index contributed by atoms with van der Waals surface area (Å²) in [5.41, 5.74) is 6.54. The number of phenolic OH excluding ortho intramolecular Hbond substituents is 1. The molecule has 0 aliphatic carbocycles. The number of carbonyl (C=O) groups excluding carboxylic acids is 1. The maximum atomic E-state index is 10.4. The Balaban J connectivity index is 3.16. The lowest BCUT2D eigenvalue weighted by Gasteiger charge is -2.00. The lowest BCUT2D eigenvalue weighted by Crippen LogP contribution is -2.00. The number of benzene rings is 1. The van der Waals surface area contributed by atoms with E-state index in [9.17, 15) is 4.79 Å². The number of phenols is 1. The van der Waals surface area contributed by atoms with Crippen LogP contribution in [0.1, 0.15) is 15.9 Å². The minimum absolute atomic E-state index is 0.0873. The zero-order chi connectivity index (χ0) is 8.27. The second-order valence-corrected chi connectivity index (χ2v) is 2.21. The molecule has 0 saturated carbocycles. The van der Waals surface area contributed by atoms with Gasteiger partial charge in [0.25, 0.3) is 0 Å². The molecule has 3 heteroatoms. The monoisotopic (exact) mass is 151 g/mol. The summed E-state index contributed by atoms with van der Waals surface area (Å²) in [7, 11) is 0. The first-order valence-corrected chi connectivity index (χ1v) is 3.25. The van der Waals surface area contributed by atoms with Gasteiger partial charge in [-0.3, -0.25) is 4.79 Å². The van der Waals surface area contributed by atoms with Crippen LogP contribution in [0.25, 0.3) is 0 Å². The summed E-state index contributed by atoms with van der Waals surface area (Å²) in [6.45, 7) is 0.314. The summed E-state index contributed by atoms with van der Waals surface area (Å²) in [5.74, 6) is 0.0873. The topological polar surface area (TPSA) is 63.3 Å².